The molecule has 0 radical (unpaired) electrons. The van der Waals surface area contributed by atoms with Crippen molar-refractivity contribution in [3.63, 3.8) is 0 Å². The summed E-state index contributed by atoms with van der Waals surface area (Å²) < 4.78 is 40.5. The number of carbonyl (C=O) groups excluding carboxylic acids is 1. The fourth-order valence-electron chi connectivity index (χ4n) is 3.62. The lowest BCUT2D eigenvalue weighted by Crippen LogP contribution is -2.47. The van der Waals surface area contributed by atoms with Gasteiger partial charge >= 0.3 is 6.09 Å². The van der Waals surface area contributed by atoms with Gasteiger partial charge in [-0.2, -0.15) is 4.31 Å². The summed E-state index contributed by atoms with van der Waals surface area (Å²) in [6, 6.07) is 5.29. The highest BCUT2D eigenvalue weighted by atomic mass is 32.2. The van der Waals surface area contributed by atoms with Gasteiger partial charge in [0.15, 0.2) is 0 Å². The molecule has 1 saturated heterocycles. The van der Waals surface area contributed by atoms with Gasteiger partial charge in [-0.1, -0.05) is 12.1 Å². The van der Waals surface area contributed by atoms with Crippen molar-refractivity contribution in [2.24, 2.45) is 7.05 Å². The number of nitrogens with one attached hydrogen (secondary N) is 1. The number of benzene rings is 1. The highest BCUT2D eigenvalue weighted by Crippen LogP contribution is 2.33. The number of hydrogen-bond acceptors (Lipinski definition) is 5. The Kier molecular flexibility index (Phi) is 5.82. The maximum atomic E-state index is 13.3. The standard InChI is InChI=1S/C20H29N3O5S/c1-20(2,3)28-19(24)21-14-9-11-23(12-10-14)29(25,26)17-13-22(4)18-15(17)7-6-8-16(18)27-5/h6-8,13-14H,9-12H2,1-5H3,(H,21,24). The molecule has 1 aromatic heterocycles. The molecule has 1 aliphatic heterocycles. The molecule has 0 saturated carbocycles. The number of amides is 1. The van der Waals surface area contributed by atoms with Gasteiger partial charge < -0.3 is 19.4 Å². The minimum atomic E-state index is -3.66. The molecule has 0 bridgehead atoms. The number of aromatic nitrogens is 1. The van der Waals surface area contributed by atoms with Crippen molar-refractivity contribution in [1.82, 2.24) is 14.2 Å². The summed E-state index contributed by atoms with van der Waals surface area (Å²) in [5.41, 5.74) is 0.179. The number of nitrogens with zero attached hydrogens (tertiary/aromatic N) is 2. The average molecular weight is 424 g/mol. The zero-order chi connectivity index (χ0) is 21.4. The van der Waals surface area contributed by atoms with E-state index in [4.69, 9.17) is 9.47 Å². The van der Waals surface area contributed by atoms with Crippen LogP contribution in [0.1, 0.15) is 33.6 Å². The van der Waals surface area contributed by atoms with Crippen LogP contribution in [0.5, 0.6) is 5.75 Å². The van der Waals surface area contributed by atoms with Gasteiger partial charge in [0.2, 0.25) is 10.0 Å². The molecule has 1 aliphatic rings. The maximum absolute atomic E-state index is 13.3. The van der Waals surface area contributed by atoms with Crippen LogP contribution in [0.3, 0.4) is 0 Å². The van der Waals surface area contributed by atoms with Gasteiger partial charge in [-0.05, 0) is 39.7 Å². The third-order valence-electron chi connectivity index (χ3n) is 4.94. The highest BCUT2D eigenvalue weighted by Gasteiger charge is 2.33. The summed E-state index contributed by atoms with van der Waals surface area (Å²) in [6.45, 7) is 6.09. The Bertz CT molecular complexity index is 999. The van der Waals surface area contributed by atoms with Crippen molar-refractivity contribution < 1.29 is 22.7 Å². The number of rotatable bonds is 4. The van der Waals surface area contributed by atoms with Crippen LogP contribution in [0.25, 0.3) is 10.9 Å². The SMILES string of the molecule is COc1cccc2c(S(=O)(=O)N3CCC(NC(=O)OC(C)(C)C)CC3)cn(C)c12. The normalized spacial score (nSPS) is 16.7. The molecule has 1 aromatic carbocycles. The predicted octanol–water partition coefficient (Wildman–Crippen LogP) is 2.86. The van der Waals surface area contributed by atoms with Crippen LogP contribution in [0.4, 0.5) is 4.79 Å². The summed E-state index contributed by atoms with van der Waals surface area (Å²) in [6.07, 6.45) is 2.23. The zero-order valence-electron chi connectivity index (χ0n) is 17.6. The fraction of sp³-hybridized carbons (Fsp3) is 0.550. The van der Waals surface area contributed by atoms with E-state index >= 15 is 0 Å². The second-order valence-electron chi connectivity index (χ2n) is 8.29. The molecule has 3 rings (SSSR count). The monoisotopic (exact) mass is 423 g/mol. The molecule has 1 fully saturated rings. The molecule has 8 nitrogen and oxygen atoms in total. The van der Waals surface area contributed by atoms with E-state index in [2.05, 4.69) is 5.32 Å². The molecule has 9 heteroatoms. The predicted molar refractivity (Wildman–Crippen MR) is 111 cm³/mol. The Labute approximate surface area is 171 Å². The molecule has 2 aromatic rings. The topological polar surface area (TPSA) is 89.9 Å². The van der Waals surface area contributed by atoms with E-state index in [0.29, 0.717) is 37.1 Å². The minimum absolute atomic E-state index is 0.107. The fourth-order valence-corrected chi connectivity index (χ4v) is 5.32. The number of ether oxygens (including phenoxy) is 2. The van der Waals surface area contributed by atoms with E-state index in [1.54, 1.807) is 57.8 Å². The van der Waals surface area contributed by atoms with Crippen molar-refractivity contribution >= 4 is 27.0 Å². The first-order valence-corrected chi connectivity index (χ1v) is 11.1. The molecule has 1 amide bonds. The number of sulfonamides is 1. The third kappa shape index (κ3) is 4.51. The largest absolute Gasteiger partial charge is 0.495 e. The van der Waals surface area contributed by atoms with Gasteiger partial charge in [-0.3, -0.25) is 0 Å². The summed E-state index contributed by atoms with van der Waals surface area (Å²) in [7, 11) is -0.286. The van der Waals surface area contributed by atoms with Crippen molar-refractivity contribution in [2.75, 3.05) is 20.2 Å². The van der Waals surface area contributed by atoms with Crippen molar-refractivity contribution in [2.45, 2.75) is 50.2 Å². The van der Waals surface area contributed by atoms with Crippen LogP contribution in [0.2, 0.25) is 0 Å². The number of aryl methyl sites for hydroxylation is 1. The Hall–Kier alpha value is -2.26. The van der Waals surface area contributed by atoms with Gasteiger partial charge in [0.1, 0.15) is 16.2 Å². The van der Waals surface area contributed by atoms with E-state index in [1.165, 1.54) is 4.31 Å². The van der Waals surface area contributed by atoms with Crippen LogP contribution in [-0.4, -0.2) is 55.2 Å². The Morgan fingerprint density at radius 1 is 1.21 bits per heavy atom. The highest BCUT2D eigenvalue weighted by molar-refractivity contribution is 7.89. The summed E-state index contributed by atoms with van der Waals surface area (Å²) in [4.78, 5) is 12.2. The van der Waals surface area contributed by atoms with E-state index in [0.717, 1.165) is 5.52 Å². The molecule has 0 spiro atoms. The molecule has 0 unspecified atom stereocenters. The quantitative estimate of drug-likeness (QED) is 0.817. The molecule has 0 atom stereocenters. The smallest absolute Gasteiger partial charge is 0.407 e. The summed E-state index contributed by atoms with van der Waals surface area (Å²) in [5, 5.41) is 3.47. The van der Waals surface area contributed by atoms with Gasteiger partial charge in [-0.15, -0.1) is 0 Å². The number of para-hydroxylation sites is 1. The van der Waals surface area contributed by atoms with Crippen LogP contribution >= 0.6 is 0 Å². The first-order valence-electron chi connectivity index (χ1n) is 9.64. The second kappa shape index (κ2) is 7.87. The second-order valence-corrected chi connectivity index (χ2v) is 10.2. The lowest BCUT2D eigenvalue weighted by molar-refractivity contribution is 0.0489. The molecule has 160 valence electrons. The molecular formula is C20H29N3O5S. The Balaban J connectivity index is 1.74. The Morgan fingerprint density at radius 2 is 1.86 bits per heavy atom. The first kappa shape index (κ1) is 21.4. The maximum Gasteiger partial charge on any atom is 0.407 e. The van der Waals surface area contributed by atoms with E-state index < -0.39 is 21.7 Å². The van der Waals surface area contributed by atoms with Crippen LogP contribution in [-0.2, 0) is 21.8 Å². The van der Waals surface area contributed by atoms with Crippen LogP contribution < -0.4 is 10.1 Å². The minimum Gasteiger partial charge on any atom is -0.495 e. The first-order chi connectivity index (χ1) is 13.5. The van der Waals surface area contributed by atoms with Crippen molar-refractivity contribution in [3.05, 3.63) is 24.4 Å². The molecule has 1 N–H and O–H groups in total. The van der Waals surface area contributed by atoms with Gasteiger partial charge in [-0.25, -0.2) is 13.2 Å². The number of carbonyl (C=O) groups is 1. The van der Waals surface area contributed by atoms with Crippen molar-refractivity contribution in [1.29, 1.82) is 0 Å². The van der Waals surface area contributed by atoms with E-state index in [1.807, 2.05) is 6.07 Å². The lowest BCUT2D eigenvalue weighted by atomic mass is 10.1. The lowest BCUT2D eigenvalue weighted by Gasteiger charge is -2.32. The van der Waals surface area contributed by atoms with Crippen molar-refractivity contribution in [3.8, 4) is 5.75 Å². The number of methoxy groups -OCH3 is 1. The molecular weight excluding hydrogens is 394 g/mol. The summed E-state index contributed by atoms with van der Waals surface area (Å²) in [5.74, 6) is 0.631. The number of hydrogen-bond donors (Lipinski definition) is 1. The number of fused-ring (bicyclic) bond motifs is 1. The van der Waals surface area contributed by atoms with Gasteiger partial charge in [0.25, 0.3) is 0 Å². The van der Waals surface area contributed by atoms with E-state index in [-0.39, 0.29) is 10.9 Å². The van der Waals surface area contributed by atoms with Gasteiger partial charge in [0, 0.05) is 37.8 Å². The summed E-state index contributed by atoms with van der Waals surface area (Å²) >= 11 is 0. The van der Waals surface area contributed by atoms with Gasteiger partial charge in [0.05, 0.1) is 12.6 Å². The average Bonchev–Trinajstić information content (AvgIpc) is 2.98. The van der Waals surface area contributed by atoms with E-state index in [9.17, 15) is 13.2 Å². The number of alkyl carbamates (subject to hydrolysis) is 1. The molecule has 29 heavy (non-hydrogen) atoms. The van der Waals surface area contributed by atoms with Crippen LogP contribution in [0.15, 0.2) is 29.3 Å². The Morgan fingerprint density at radius 3 is 2.45 bits per heavy atom. The third-order valence-corrected chi connectivity index (χ3v) is 6.87. The zero-order valence-corrected chi connectivity index (χ0v) is 18.4. The van der Waals surface area contributed by atoms with Crippen LogP contribution in [0, 0.1) is 0 Å². The number of piperidine rings is 1. The molecule has 2 heterocycles. The molecule has 0 aliphatic carbocycles.